The highest BCUT2D eigenvalue weighted by Gasteiger charge is 2.56. The molecule has 0 unspecified atom stereocenters. The van der Waals surface area contributed by atoms with E-state index in [4.69, 9.17) is 0 Å². The Morgan fingerprint density at radius 3 is 2.35 bits per heavy atom. The van der Waals surface area contributed by atoms with Crippen LogP contribution in [0.3, 0.4) is 0 Å². The van der Waals surface area contributed by atoms with Gasteiger partial charge in [0.05, 0.1) is 23.5 Å². The maximum Gasteiger partial charge on any atom is 0.146 e. The third kappa shape index (κ3) is 4.26. The molecule has 0 bridgehead atoms. The zero-order valence-electron chi connectivity index (χ0n) is 20.0. The van der Waals surface area contributed by atoms with Crippen molar-refractivity contribution in [1.82, 2.24) is 4.90 Å². The minimum Gasteiger partial charge on any atom is -0.390 e. The maximum atomic E-state index is 14.3. The van der Waals surface area contributed by atoms with E-state index in [0.29, 0.717) is 44.6 Å². The number of para-hydroxylation sites is 1. The Labute approximate surface area is 201 Å². The number of β-amino-alcohol motifs (C(OH)–C–C–N with tert-alkyl or cyclic N) is 1. The summed E-state index contributed by atoms with van der Waals surface area (Å²) in [5.41, 5.74) is 0.462. The second kappa shape index (κ2) is 9.23. The fraction of sp³-hybridized carbons (Fsp3) is 0.571. The molecule has 3 N–H and O–H groups in total. The molecule has 2 aromatic rings. The van der Waals surface area contributed by atoms with Gasteiger partial charge < -0.3 is 20.2 Å². The van der Waals surface area contributed by atoms with Gasteiger partial charge in [-0.3, -0.25) is 4.90 Å². The van der Waals surface area contributed by atoms with Gasteiger partial charge in [0.25, 0.3) is 0 Å². The van der Waals surface area contributed by atoms with Gasteiger partial charge in [0.15, 0.2) is 0 Å². The van der Waals surface area contributed by atoms with Crippen molar-refractivity contribution in [2.24, 2.45) is 5.41 Å². The molecule has 3 fully saturated rings. The highest BCUT2D eigenvalue weighted by molar-refractivity contribution is 5.48. The first-order chi connectivity index (χ1) is 16.3. The molecule has 2 saturated heterocycles. The molecule has 1 aliphatic carbocycles. The summed E-state index contributed by atoms with van der Waals surface area (Å²) in [4.78, 5) is 4.44. The van der Waals surface area contributed by atoms with Crippen LogP contribution in [0.15, 0.2) is 54.6 Å². The molecule has 184 valence electrons. The van der Waals surface area contributed by atoms with Crippen LogP contribution >= 0.6 is 0 Å². The Bertz CT molecular complexity index is 981. The number of nitrogens with zero attached hydrogens (tertiary/aromatic N) is 2. The van der Waals surface area contributed by atoms with E-state index in [1.807, 2.05) is 29.2 Å². The Balaban J connectivity index is 1.39. The van der Waals surface area contributed by atoms with Gasteiger partial charge in [0.2, 0.25) is 0 Å². The lowest BCUT2D eigenvalue weighted by Crippen LogP contribution is -2.54. The number of piperidine rings is 1. The van der Waals surface area contributed by atoms with E-state index < -0.39 is 23.2 Å². The van der Waals surface area contributed by atoms with Crippen molar-refractivity contribution in [3.05, 3.63) is 66.0 Å². The zero-order valence-corrected chi connectivity index (χ0v) is 20.0. The average Bonchev–Trinajstić information content (AvgIpc) is 3.06. The number of halogens is 1. The van der Waals surface area contributed by atoms with Crippen LogP contribution in [0.2, 0.25) is 0 Å². The molecular formula is C28H37FN2O3. The lowest BCUT2D eigenvalue weighted by atomic mass is 9.74. The molecular weight excluding hydrogens is 431 g/mol. The predicted molar refractivity (Wildman–Crippen MR) is 131 cm³/mol. The van der Waals surface area contributed by atoms with Crippen LogP contribution in [-0.4, -0.2) is 63.7 Å². The molecule has 0 spiro atoms. The summed E-state index contributed by atoms with van der Waals surface area (Å²) >= 11 is 0. The van der Waals surface area contributed by atoms with E-state index in [0.717, 1.165) is 19.3 Å². The van der Waals surface area contributed by atoms with Crippen LogP contribution in [0.25, 0.3) is 0 Å². The van der Waals surface area contributed by atoms with Crippen molar-refractivity contribution in [3.63, 3.8) is 0 Å². The monoisotopic (exact) mass is 468 g/mol. The normalized spacial score (nSPS) is 34.0. The zero-order chi connectivity index (χ0) is 23.9. The van der Waals surface area contributed by atoms with Gasteiger partial charge in [0, 0.05) is 37.1 Å². The minimum atomic E-state index is -0.879. The Morgan fingerprint density at radius 1 is 0.971 bits per heavy atom. The number of aliphatic hydroxyl groups is 3. The summed E-state index contributed by atoms with van der Waals surface area (Å²) in [5.74, 6) is -0.224. The standard InChI is InChI=1S/C28H37FN2O3/c1-27-18-23(20-8-3-2-4-9-20)31(25(27)13-7-12-24(32)26(27)33)19-28(34)14-16-30(17-15-28)22-11-6-5-10-21(22)29/h2-6,8-11,23-26,32-34H,7,12-19H2,1H3/t23-,24+,25-,26+,27-/m1/s1. The van der Waals surface area contributed by atoms with E-state index in [9.17, 15) is 19.7 Å². The first-order valence-electron chi connectivity index (χ1n) is 12.7. The molecule has 0 radical (unpaired) electrons. The molecule has 2 aromatic carbocycles. The van der Waals surface area contributed by atoms with Crippen molar-refractivity contribution >= 4 is 5.69 Å². The first kappa shape index (κ1) is 23.7. The van der Waals surface area contributed by atoms with Gasteiger partial charge >= 0.3 is 0 Å². The summed E-state index contributed by atoms with van der Waals surface area (Å²) in [6.07, 6.45) is 2.74. The second-order valence-corrected chi connectivity index (χ2v) is 10.9. The smallest absolute Gasteiger partial charge is 0.146 e. The number of benzene rings is 2. The van der Waals surface area contributed by atoms with Crippen molar-refractivity contribution < 1.29 is 19.7 Å². The Hall–Kier alpha value is -1.99. The topological polar surface area (TPSA) is 67.2 Å². The highest BCUT2D eigenvalue weighted by atomic mass is 19.1. The Kier molecular flexibility index (Phi) is 6.44. The summed E-state index contributed by atoms with van der Waals surface area (Å²) in [7, 11) is 0. The van der Waals surface area contributed by atoms with E-state index in [1.165, 1.54) is 11.6 Å². The molecule has 6 heteroatoms. The van der Waals surface area contributed by atoms with Gasteiger partial charge in [-0.25, -0.2) is 4.39 Å². The third-order valence-electron chi connectivity index (χ3n) is 8.76. The van der Waals surface area contributed by atoms with Crippen molar-refractivity contribution in [3.8, 4) is 0 Å². The van der Waals surface area contributed by atoms with Gasteiger partial charge in [-0.15, -0.1) is 0 Å². The molecule has 0 aromatic heterocycles. The van der Waals surface area contributed by atoms with Crippen LogP contribution in [-0.2, 0) is 0 Å². The largest absolute Gasteiger partial charge is 0.390 e. The third-order valence-corrected chi connectivity index (χ3v) is 8.76. The molecule has 34 heavy (non-hydrogen) atoms. The fourth-order valence-electron chi connectivity index (χ4n) is 6.77. The molecule has 5 atom stereocenters. The van der Waals surface area contributed by atoms with Crippen LogP contribution in [0.4, 0.5) is 10.1 Å². The predicted octanol–water partition coefficient (Wildman–Crippen LogP) is 3.88. The number of anilines is 1. The van der Waals surface area contributed by atoms with E-state index in [1.54, 1.807) is 12.1 Å². The molecule has 2 aliphatic heterocycles. The highest BCUT2D eigenvalue weighted by Crippen LogP contribution is 2.54. The molecule has 0 amide bonds. The van der Waals surface area contributed by atoms with Crippen LogP contribution in [0.1, 0.15) is 57.1 Å². The van der Waals surface area contributed by atoms with Crippen LogP contribution in [0.5, 0.6) is 0 Å². The van der Waals surface area contributed by atoms with Crippen molar-refractivity contribution in [2.45, 2.75) is 75.3 Å². The Morgan fingerprint density at radius 2 is 1.65 bits per heavy atom. The van der Waals surface area contributed by atoms with E-state index in [2.05, 4.69) is 24.0 Å². The summed E-state index contributed by atoms with van der Waals surface area (Å²) in [6, 6.07) is 17.3. The van der Waals surface area contributed by atoms with E-state index in [-0.39, 0.29) is 17.9 Å². The summed E-state index contributed by atoms with van der Waals surface area (Å²) < 4.78 is 14.3. The van der Waals surface area contributed by atoms with Gasteiger partial charge in [-0.1, -0.05) is 49.4 Å². The molecule has 3 aliphatic rings. The van der Waals surface area contributed by atoms with Crippen molar-refractivity contribution in [2.75, 3.05) is 24.5 Å². The summed E-state index contributed by atoms with van der Waals surface area (Å²) in [6.45, 7) is 3.83. The quantitative estimate of drug-likeness (QED) is 0.636. The first-order valence-corrected chi connectivity index (χ1v) is 12.7. The van der Waals surface area contributed by atoms with Gasteiger partial charge in [-0.2, -0.15) is 0 Å². The molecule has 1 saturated carbocycles. The molecule has 5 nitrogen and oxygen atoms in total. The fourth-order valence-corrected chi connectivity index (χ4v) is 6.77. The van der Waals surface area contributed by atoms with Crippen molar-refractivity contribution in [1.29, 1.82) is 0 Å². The van der Waals surface area contributed by atoms with E-state index >= 15 is 0 Å². The number of aliphatic hydroxyl groups excluding tert-OH is 2. The molecule has 2 heterocycles. The molecule has 5 rings (SSSR count). The average molecular weight is 469 g/mol. The number of hydrogen-bond acceptors (Lipinski definition) is 5. The summed E-state index contributed by atoms with van der Waals surface area (Å²) in [5, 5.41) is 33.5. The minimum absolute atomic E-state index is 0.0739. The van der Waals surface area contributed by atoms with Gasteiger partial charge in [0.1, 0.15) is 5.82 Å². The van der Waals surface area contributed by atoms with Crippen LogP contribution in [0, 0.1) is 11.2 Å². The number of fused-ring (bicyclic) bond motifs is 1. The maximum absolute atomic E-state index is 14.3. The number of rotatable bonds is 4. The van der Waals surface area contributed by atoms with Gasteiger partial charge in [-0.05, 0) is 56.2 Å². The number of likely N-dealkylation sites (tertiary alicyclic amines) is 1. The lowest BCUT2D eigenvalue weighted by molar-refractivity contribution is -0.0723. The van der Waals surface area contributed by atoms with Crippen LogP contribution < -0.4 is 4.90 Å². The number of hydrogen-bond donors (Lipinski definition) is 3. The second-order valence-electron chi connectivity index (χ2n) is 10.9. The lowest BCUT2D eigenvalue weighted by Gasteiger charge is -2.45. The SMILES string of the molecule is C[C@@]12C[C@H](c3ccccc3)N(CC3(O)CCN(c4ccccc4F)CC3)[C@@H]1CCC[C@H](O)[C@@H]2O.